The Morgan fingerprint density at radius 1 is 1.05 bits per heavy atom. The standard InChI is InChI=1S/C27H23Cl2N3O6S.Na/c1-3-15-10-22(29)23(14-24(15)39(35,36)37)31-32-25-20-8-6-5-7-16(20)9-21(26(25)33)27(34)30-18-11-17(28)12-19(13-18)38-4-2;/h5-14,33H,3-4H2,1-2H3,(H,30,34)(H,35,36,37);/q;+1/p-1. The third kappa shape index (κ3) is 7.13. The van der Waals surface area contributed by atoms with E-state index >= 15 is 0 Å². The summed E-state index contributed by atoms with van der Waals surface area (Å²) >= 11 is 12.4. The van der Waals surface area contributed by atoms with Crippen molar-refractivity contribution in [2.24, 2.45) is 10.2 Å². The van der Waals surface area contributed by atoms with Crippen molar-refractivity contribution in [2.75, 3.05) is 11.9 Å². The SMILES string of the molecule is CCOc1cc(Cl)cc(NC(=O)c2cc3ccccc3c(N=Nc3cc(S(=O)(=O)O)c(CC)cc3Cl)c2[O-])c1.[Na+]. The molecule has 13 heteroatoms. The van der Waals surface area contributed by atoms with Gasteiger partial charge in [-0.2, -0.15) is 13.5 Å². The first kappa shape index (κ1) is 31.8. The monoisotopic (exact) mass is 609 g/mol. The van der Waals surface area contributed by atoms with Crippen LogP contribution in [0.25, 0.3) is 10.8 Å². The summed E-state index contributed by atoms with van der Waals surface area (Å²) < 4.78 is 38.8. The summed E-state index contributed by atoms with van der Waals surface area (Å²) in [6.07, 6.45) is 0.289. The van der Waals surface area contributed by atoms with Crippen LogP contribution in [0.2, 0.25) is 10.0 Å². The zero-order valence-corrected chi connectivity index (χ0v) is 26.1. The van der Waals surface area contributed by atoms with E-state index in [4.69, 9.17) is 27.9 Å². The van der Waals surface area contributed by atoms with E-state index in [9.17, 15) is 22.9 Å². The van der Waals surface area contributed by atoms with Gasteiger partial charge in [-0.15, -0.1) is 5.11 Å². The van der Waals surface area contributed by atoms with Crippen LogP contribution in [0.1, 0.15) is 29.8 Å². The molecule has 9 nitrogen and oxygen atoms in total. The molecule has 0 fully saturated rings. The number of nitrogens with zero attached hydrogens (tertiary/aromatic N) is 2. The van der Waals surface area contributed by atoms with E-state index < -0.39 is 21.8 Å². The minimum Gasteiger partial charge on any atom is -0.870 e. The number of carbonyl (C=O) groups is 1. The van der Waals surface area contributed by atoms with Gasteiger partial charge >= 0.3 is 29.6 Å². The largest absolute Gasteiger partial charge is 1.00 e. The summed E-state index contributed by atoms with van der Waals surface area (Å²) in [6.45, 7) is 3.91. The van der Waals surface area contributed by atoms with Crippen LogP contribution in [0, 0.1) is 0 Å². The summed E-state index contributed by atoms with van der Waals surface area (Å²) in [4.78, 5) is 12.8. The third-order valence-electron chi connectivity index (χ3n) is 5.71. The van der Waals surface area contributed by atoms with Crippen molar-refractivity contribution in [3.63, 3.8) is 0 Å². The minimum atomic E-state index is -4.56. The molecule has 0 bridgehead atoms. The van der Waals surface area contributed by atoms with Crippen LogP contribution in [-0.4, -0.2) is 25.5 Å². The molecule has 1 amide bonds. The second kappa shape index (κ2) is 13.3. The van der Waals surface area contributed by atoms with Gasteiger partial charge < -0.3 is 15.2 Å². The van der Waals surface area contributed by atoms with Crippen LogP contribution in [-0.2, 0) is 16.5 Å². The van der Waals surface area contributed by atoms with Crippen LogP contribution < -0.4 is 44.7 Å². The van der Waals surface area contributed by atoms with Gasteiger partial charge in [0, 0.05) is 27.7 Å². The zero-order chi connectivity index (χ0) is 28.3. The number of hydrogen-bond donors (Lipinski definition) is 2. The Balaban J connectivity index is 0.00000441. The van der Waals surface area contributed by atoms with Crippen molar-refractivity contribution in [2.45, 2.75) is 25.2 Å². The number of halogens is 2. The number of aryl methyl sites for hydroxylation is 1. The fourth-order valence-electron chi connectivity index (χ4n) is 3.94. The van der Waals surface area contributed by atoms with E-state index in [0.717, 1.165) is 6.07 Å². The minimum absolute atomic E-state index is 0. The Bertz CT molecular complexity index is 1730. The van der Waals surface area contributed by atoms with E-state index in [-0.39, 0.29) is 62.8 Å². The van der Waals surface area contributed by atoms with Gasteiger partial charge in [0.25, 0.3) is 16.0 Å². The fourth-order valence-corrected chi connectivity index (χ4v) is 5.19. The van der Waals surface area contributed by atoms with E-state index in [2.05, 4.69) is 15.5 Å². The molecule has 2 N–H and O–H groups in total. The molecule has 202 valence electrons. The summed E-state index contributed by atoms with van der Waals surface area (Å²) in [7, 11) is -4.56. The predicted molar refractivity (Wildman–Crippen MR) is 149 cm³/mol. The van der Waals surface area contributed by atoms with Crippen molar-refractivity contribution < 1.29 is 57.2 Å². The molecule has 4 rings (SSSR count). The Kier molecular flexibility index (Phi) is 10.6. The maximum absolute atomic E-state index is 13.4. The van der Waals surface area contributed by atoms with Gasteiger partial charge in [0.15, 0.2) is 0 Å². The maximum atomic E-state index is 13.4. The molecule has 0 aliphatic heterocycles. The summed E-state index contributed by atoms with van der Waals surface area (Å²) in [6, 6.07) is 15.4. The number of amides is 1. The first-order valence-corrected chi connectivity index (χ1v) is 13.9. The van der Waals surface area contributed by atoms with Crippen molar-refractivity contribution in [1.82, 2.24) is 0 Å². The second-order valence-electron chi connectivity index (χ2n) is 8.33. The molecule has 4 aromatic carbocycles. The van der Waals surface area contributed by atoms with Crippen molar-refractivity contribution in [3.8, 4) is 11.5 Å². The summed E-state index contributed by atoms with van der Waals surface area (Å²) in [5.74, 6) is -0.963. The number of azo groups is 1. The predicted octanol–water partition coefficient (Wildman–Crippen LogP) is 4.10. The number of rotatable bonds is 8. The van der Waals surface area contributed by atoms with Crippen molar-refractivity contribution in [3.05, 3.63) is 81.8 Å². The number of nitrogens with one attached hydrogen (secondary N) is 1. The number of ether oxygens (including phenoxy) is 1. The molecule has 0 heterocycles. The van der Waals surface area contributed by atoms with Crippen LogP contribution >= 0.6 is 23.2 Å². The van der Waals surface area contributed by atoms with Crippen molar-refractivity contribution >= 4 is 67.1 Å². The number of hydrogen-bond acceptors (Lipinski definition) is 7. The molecule has 0 aliphatic rings. The van der Waals surface area contributed by atoms with Crippen LogP contribution in [0.3, 0.4) is 0 Å². The van der Waals surface area contributed by atoms with Gasteiger partial charge in [-0.25, -0.2) is 0 Å². The number of carbonyl (C=O) groups excluding carboxylic acids is 1. The molecule has 0 unspecified atom stereocenters. The zero-order valence-electron chi connectivity index (χ0n) is 21.7. The average molecular weight is 610 g/mol. The number of fused-ring (bicyclic) bond motifs is 1. The fraction of sp³-hybridized carbons (Fsp3) is 0.148. The van der Waals surface area contributed by atoms with Crippen molar-refractivity contribution in [1.29, 1.82) is 0 Å². The molecule has 0 saturated heterocycles. The molecule has 0 aromatic heterocycles. The molecule has 0 spiro atoms. The quantitative estimate of drug-likeness (QED) is 0.175. The molecular weight excluding hydrogens is 588 g/mol. The first-order chi connectivity index (χ1) is 18.5. The van der Waals surface area contributed by atoms with Gasteiger partial charge in [0.1, 0.15) is 11.4 Å². The van der Waals surface area contributed by atoms with Gasteiger partial charge in [-0.1, -0.05) is 60.1 Å². The van der Waals surface area contributed by atoms with E-state index in [0.29, 0.717) is 39.4 Å². The van der Waals surface area contributed by atoms with Crippen LogP contribution in [0.5, 0.6) is 11.5 Å². The van der Waals surface area contributed by atoms with E-state index in [1.165, 1.54) is 18.2 Å². The first-order valence-electron chi connectivity index (χ1n) is 11.7. The Morgan fingerprint density at radius 2 is 1.77 bits per heavy atom. The third-order valence-corrected chi connectivity index (χ3v) is 7.16. The van der Waals surface area contributed by atoms with Gasteiger partial charge in [-0.05, 0) is 54.6 Å². The number of anilines is 1. The molecule has 0 saturated carbocycles. The molecule has 4 aromatic rings. The number of benzene rings is 4. The van der Waals surface area contributed by atoms with E-state index in [1.807, 2.05) is 6.92 Å². The summed E-state index contributed by atoms with van der Waals surface area (Å²) in [5.41, 5.74) is 0.188. The Labute approximate surface area is 263 Å². The van der Waals surface area contributed by atoms with Gasteiger partial charge in [-0.3, -0.25) is 9.35 Å². The molecular formula is C27H22Cl2N3NaO6S. The molecule has 0 radical (unpaired) electrons. The summed E-state index contributed by atoms with van der Waals surface area (Å²) in [5, 5.41) is 25.6. The molecule has 0 atom stereocenters. The molecule has 0 aliphatic carbocycles. The topological polar surface area (TPSA) is 140 Å². The van der Waals surface area contributed by atoms with Gasteiger partial charge in [0.05, 0.1) is 22.2 Å². The smallest absolute Gasteiger partial charge is 0.870 e. The second-order valence-corrected chi connectivity index (χ2v) is 10.6. The van der Waals surface area contributed by atoms with E-state index in [1.54, 1.807) is 43.3 Å². The Morgan fingerprint density at radius 3 is 2.45 bits per heavy atom. The van der Waals surface area contributed by atoms with Crippen LogP contribution in [0.15, 0.2) is 75.8 Å². The van der Waals surface area contributed by atoms with Gasteiger partial charge in [0.2, 0.25) is 0 Å². The average Bonchev–Trinajstić information content (AvgIpc) is 2.87. The Hall–Kier alpha value is -2.70. The van der Waals surface area contributed by atoms with Crippen LogP contribution in [0.4, 0.5) is 17.1 Å². The molecule has 40 heavy (non-hydrogen) atoms. The normalized spacial score (nSPS) is 11.4. The maximum Gasteiger partial charge on any atom is 1.00 e.